The van der Waals surface area contributed by atoms with Gasteiger partial charge in [-0.2, -0.15) is 0 Å². The maximum absolute atomic E-state index is 10.3. The van der Waals surface area contributed by atoms with Crippen molar-refractivity contribution in [2.24, 2.45) is 0 Å². The van der Waals surface area contributed by atoms with Crippen LogP contribution in [0.1, 0.15) is 31.8 Å². The molecule has 0 aliphatic carbocycles. The second kappa shape index (κ2) is 6.19. The van der Waals surface area contributed by atoms with E-state index in [0.717, 1.165) is 18.8 Å². The molecule has 98 valence electrons. The summed E-state index contributed by atoms with van der Waals surface area (Å²) in [4.78, 5) is 0. The Bertz CT molecular complexity index is 333. The van der Waals surface area contributed by atoms with Crippen LogP contribution < -0.4 is 5.32 Å². The number of hydrogen-bond donors (Lipinski definition) is 2. The molecule has 0 amide bonds. The Kier molecular flexibility index (Phi) is 5.18. The lowest BCUT2D eigenvalue weighted by Crippen LogP contribution is -2.39. The van der Waals surface area contributed by atoms with Gasteiger partial charge < -0.3 is 19.6 Å². The van der Waals surface area contributed by atoms with E-state index in [1.807, 2.05) is 19.1 Å². The van der Waals surface area contributed by atoms with Crippen molar-refractivity contribution in [2.45, 2.75) is 38.8 Å². The van der Waals surface area contributed by atoms with Gasteiger partial charge in [0.25, 0.3) is 0 Å². The zero-order valence-electron chi connectivity index (χ0n) is 11.1. The summed E-state index contributed by atoms with van der Waals surface area (Å²) >= 11 is 0. The van der Waals surface area contributed by atoms with Crippen LogP contribution in [0.4, 0.5) is 0 Å². The first-order chi connectivity index (χ1) is 7.95. The van der Waals surface area contributed by atoms with Gasteiger partial charge in [-0.25, -0.2) is 0 Å². The Morgan fingerprint density at radius 1 is 1.53 bits per heavy atom. The normalized spacial score (nSPS) is 16.8. The highest BCUT2D eigenvalue weighted by Gasteiger charge is 2.26. The van der Waals surface area contributed by atoms with Crippen molar-refractivity contribution in [1.82, 2.24) is 5.32 Å². The molecule has 0 saturated carbocycles. The van der Waals surface area contributed by atoms with E-state index >= 15 is 0 Å². The third-order valence-electron chi connectivity index (χ3n) is 2.82. The van der Waals surface area contributed by atoms with Gasteiger partial charge in [-0.3, -0.25) is 0 Å². The number of furan rings is 1. The maximum atomic E-state index is 10.3. The molecule has 2 unspecified atom stereocenters. The van der Waals surface area contributed by atoms with Crippen LogP contribution in [0.3, 0.4) is 0 Å². The molecule has 1 aromatic rings. The fourth-order valence-corrected chi connectivity index (χ4v) is 1.58. The third-order valence-corrected chi connectivity index (χ3v) is 2.82. The molecule has 4 nitrogen and oxygen atoms in total. The van der Waals surface area contributed by atoms with Crippen molar-refractivity contribution in [3.05, 3.63) is 23.7 Å². The van der Waals surface area contributed by atoms with E-state index in [1.165, 1.54) is 0 Å². The number of methoxy groups -OCH3 is 1. The topological polar surface area (TPSA) is 54.6 Å². The summed E-state index contributed by atoms with van der Waals surface area (Å²) in [6.07, 6.45) is 0.920. The molecule has 1 aromatic heterocycles. The number of hydrogen-bond acceptors (Lipinski definition) is 4. The van der Waals surface area contributed by atoms with Gasteiger partial charge in [0.2, 0.25) is 0 Å². The number of rotatable bonds is 7. The largest absolute Gasteiger partial charge is 0.463 e. The van der Waals surface area contributed by atoms with Crippen molar-refractivity contribution >= 4 is 0 Å². The van der Waals surface area contributed by atoms with Gasteiger partial charge in [-0.15, -0.1) is 0 Å². The van der Waals surface area contributed by atoms with Crippen molar-refractivity contribution in [1.29, 1.82) is 0 Å². The molecule has 17 heavy (non-hydrogen) atoms. The Balaban J connectivity index is 2.44. The third kappa shape index (κ3) is 4.50. The van der Waals surface area contributed by atoms with Gasteiger partial charge in [0, 0.05) is 26.3 Å². The first kappa shape index (κ1) is 14.2. The molecule has 2 N–H and O–H groups in total. The summed E-state index contributed by atoms with van der Waals surface area (Å²) in [5.41, 5.74) is -0.977. The summed E-state index contributed by atoms with van der Waals surface area (Å²) in [5.74, 6) is 1.41. The smallest absolute Gasteiger partial charge is 0.136 e. The zero-order chi connectivity index (χ0) is 12.9. The van der Waals surface area contributed by atoms with Crippen molar-refractivity contribution in [2.75, 3.05) is 20.3 Å². The molecule has 0 saturated heterocycles. The summed E-state index contributed by atoms with van der Waals surface area (Å²) in [6.45, 7) is 6.87. The van der Waals surface area contributed by atoms with E-state index in [4.69, 9.17) is 9.15 Å². The van der Waals surface area contributed by atoms with Gasteiger partial charge in [-0.1, -0.05) is 0 Å². The lowest BCUT2D eigenvalue weighted by atomic mass is 10.0. The number of ether oxygens (including phenoxy) is 1. The standard InChI is InChI=1S/C13H23NO3/c1-10(7-8-16-4)14-9-13(3,15)12-6-5-11(2)17-12/h5-6,10,14-15H,7-9H2,1-4H3. The molecular weight excluding hydrogens is 218 g/mol. The van der Waals surface area contributed by atoms with Crippen molar-refractivity contribution < 1.29 is 14.3 Å². The van der Waals surface area contributed by atoms with E-state index in [9.17, 15) is 5.11 Å². The molecule has 0 radical (unpaired) electrons. The SMILES string of the molecule is COCCC(C)NCC(C)(O)c1ccc(C)o1. The highest BCUT2D eigenvalue weighted by atomic mass is 16.5. The van der Waals surface area contributed by atoms with Gasteiger partial charge in [0.05, 0.1) is 0 Å². The maximum Gasteiger partial charge on any atom is 0.136 e. The molecule has 0 aliphatic rings. The molecule has 0 fully saturated rings. The molecule has 0 aromatic carbocycles. The predicted molar refractivity (Wildman–Crippen MR) is 67.0 cm³/mol. The first-order valence-electron chi connectivity index (χ1n) is 5.97. The molecule has 1 heterocycles. The number of aliphatic hydroxyl groups is 1. The van der Waals surface area contributed by atoms with Gasteiger partial charge >= 0.3 is 0 Å². The van der Waals surface area contributed by atoms with E-state index in [2.05, 4.69) is 12.2 Å². The first-order valence-corrected chi connectivity index (χ1v) is 5.97. The van der Waals surface area contributed by atoms with Crippen LogP contribution in [0.2, 0.25) is 0 Å². The lowest BCUT2D eigenvalue weighted by molar-refractivity contribution is 0.0302. The van der Waals surface area contributed by atoms with E-state index in [1.54, 1.807) is 14.0 Å². The monoisotopic (exact) mass is 241 g/mol. The minimum absolute atomic E-state index is 0.303. The quantitative estimate of drug-likeness (QED) is 0.764. The zero-order valence-corrected chi connectivity index (χ0v) is 11.1. The van der Waals surface area contributed by atoms with Crippen LogP contribution in [0.25, 0.3) is 0 Å². The average Bonchev–Trinajstić information content (AvgIpc) is 2.71. The summed E-state index contributed by atoms with van der Waals surface area (Å²) in [7, 11) is 1.69. The second-order valence-electron chi connectivity index (χ2n) is 4.75. The molecule has 0 aliphatic heterocycles. The van der Waals surface area contributed by atoms with E-state index < -0.39 is 5.60 Å². The van der Waals surface area contributed by atoms with E-state index in [-0.39, 0.29) is 0 Å². The fraction of sp³-hybridized carbons (Fsp3) is 0.692. The molecule has 2 atom stereocenters. The highest BCUT2D eigenvalue weighted by molar-refractivity contribution is 5.12. The van der Waals surface area contributed by atoms with Crippen LogP contribution in [-0.2, 0) is 10.3 Å². The molecule has 1 rings (SSSR count). The molecule has 0 bridgehead atoms. The summed E-state index contributed by atoms with van der Waals surface area (Å²) < 4.78 is 10.5. The minimum Gasteiger partial charge on any atom is -0.463 e. The Morgan fingerprint density at radius 3 is 2.76 bits per heavy atom. The van der Waals surface area contributed by atoms with Crippen LogP contribution in [0.5, 0.6) is 0 Å². The van der Waals surface area contributed by atoms with E-state index in [0.29, 0.717) is 18.3 Å². The second-order valence-corrected chi connectivity index (χ2v) is 4.75. The van der Waals surface area contributed by atoms with Gasteiger partial charge in [0.1, 0.15) is 17.1 Å². The van der Waals surface area contributed by atoms with Crippen LogP contribution in [0.15, 0.2) is 16.5 Å². The predicted octanol–water partition coefficient (Wildman–Crippen LogP) is 1.81. The lowest BCUT2D eigenvalue weighted by Gasteiger charge is -2.24. The van der Waals surface area contributed by atoms with Crippen LogP contribution in [-0.4, -0.2) is 31.4 Å². The van der Waals surface area contributed by atoms with Gasteiger partial charge in [0.15, 0.2) is 0 Å². The minimum atomic E-state index is -0.977. The number of nitrogens with one attached hydrogen (secondary N) is 1. The van der Waals surface area contributed by atoms with Crippen molar-refractivity contribution in [3.63, 3.8) is 0 Å². The molecule has 0 spiro atoms. The summed E-state index contributed by atoms with van der Waals surface area (Å²) in [6, 6.07) is 3.98. The molecular formula is C13H23NO3. The molecule has 4 heteroatoms. The van der Waals surface area contributed by atoms with Crippen molar-refractivity contribution in [3.8, 4) is 0 Å². The van der Waals surface area contributed by atoms with Gasteiger partial charge in [-0.05, 0) is 39.3 Å². The number of aryl methyl sites for hydroxylation is 1. The van der Waals surface area contributed by atoms with Crippen LogP contribution >= 0.6 is 0 Å². The summed E-state index contributed by atoms with van der Waals surface area (Å²) in [5, 5.41) is 13.6. The Morgan fingerprint density at radius 2 is 2.24 bits per heavy atom. The highest BCUT2D eigenvalue weighted by Crippen LogP contribution is 2.22. The fourth-order valence-electron chi connectivity index (χ4n) is 1.58. The Labute approximate surface area is 103 Å². The van der Waals surface area contributed by atoms with Crippen LogP contribution in [0, 0.1) is 6.92 Å². The Hall–Kier alpha value is -0.840. The average molecular weight is 241 g/mol.